The summed E-state index contributed by atoms with van der Waals surface area (Å²) in [6.45, 7) is 0.959. The normalized spacial score (nSPS) is 23.6. The zero-order valence-corrected chi connectivity index (χ0v) is 16.2. The highest BCUT2D eigenvalue weighted by atomic mass is 16.5. The minimum absolute atomic E-state index is 0.0902. The Morgan fingerprint density at radius 1 is 1.17 bits per heavy atom. The lowest BCUT2D eigenvalue weighted by atomic mass is 9.95. The second-order valence-electron chi connectivity index (χ2n) is 7.23. The molecule has 2 atom stereocenters. The molecule has 2 saturated heterocycles. The van der Waals surface area contributed by atoms with Gasteiger partial charge in [0.1, 0.15) is 11.5 Å². The van der Waals surface area contributed by atoms with Crippen molar-refractivity contribution in [2.75, 3.05) is 20.3 Å². The smallest absolute Gasteiger partial charge is 0.295 e. The zero-order valence-electron chi connectivity index (χ0n) is 16.2. The molecule has 2 unspecified atom stereocenters. The molecule has 2 aromatic rings. The van der Waals surface area contributed by atoms with Crippen LogP contribution < -0.4 is 4.74 Å². The maximum atomic E-state index is 13.0. The monoisotopic (exact) mass is 393 g/mol. The molecule has 150 valence electrons. The number of methoxy groups -OCH3 is 1. The van der Waals surface area contributed by atoms with Crippen molar-refractivity contribution in [3.05, 3.63) is 71.3 Å². The van der Waals surface area contributed by atoms with Gasteiger partial charge in [0.05, 0.1) is 24.8 Å². The summed E-state index contributed by atoms with van der Waals surface area (Å²) in [6.07, 6.45) is 1.66. The Bertz CT molecular complexity index is 947. The van der Waals surface area contributed by atoms with Crippen LogP contribution in [-0.4, -0.2) is 48.1 Å². The molecule has 2 heterocycles. The summed E-state index contributed by atoms with van der Waals surface area (Å²) in [5, 5.41) is 11.0. The second kappa shape index (κ2) is 8.09. The third kappa shape index (κ3) is 3.63. The van der Waals surface area contributed by atoms with E-state index in [0.717, 1.165) is 12.8 Å². The van der Waals surface area contributed by atoms with E-state index >= 15 is 0 Å². The maximum absolute atomic E-state index is 13.0. The number of benzene rings is 2. The molecule has 0 aliphatic carbocycles. The van der Waals surface area contributed by atoms with Crippen LogP contribution in [0, 0.1) is 0 Å². The van der Waals surface area contributed by atoms with Gasteiger partial charge in [-0.3, -0.25) is 9.59 Å². The predicted molar refractivity (Wildman–Crippen MR) is 107 cm³/mol. The lowest BCUT2D eigenvalue weighted by Crippen LogP contribution is -2.36. The summed E-state index contributed by atoms with van der Waals surface area (Å²) in [7, 11) is 1.56. The van der Waals surface area contributed by atoms with Gasteiger partial charge in [-0.15, -0.1) is 0 Å². The largest absolute Gasteiger partial charge is 0.507 e. The van der Waals surface area contributed by atoms with Crippen LogP contribution in [-0.2, 0) is 14.3 Å². The minimum Gasteiger partial charge on any atom is -0.507 e. The predicted octanol–water partition coefficient (Wildman–Crippen LogP) is 3.30. The lowest BCUT2D eigenvalue weighted by Gasteiger charge is -2.27. The van der Waals surface area contributed by atoms with Gasteiger partial charge in [-0.1, -0.05) is 42.5 Å². The summed E-state index contributed by atoms with van der Waals surface area (Å²) >= 11 is 0. The van der Waals surface area contributed by atoms with E-state index < -0.39 is 17.7 Å². The van der Waals surface area contributed by atoms with Crippen molar-refractivity contribution in [3.63, 3.8) is 0 Å². The van der Waals surface area contributed by atoms with Crippen LogP contribution in [0.5, 0.6) is 5.75 Å². The van der Waals surface area contributed by atoms with Gasteiger partial charge in [-0.05, 0) is 30.5 Å². The van der Waals surface area contributed by atoms with E-state index in [1.54, 1.807) is 43.5 Å². The number of aliphatic hydroxyl groups excluding tert-OH is 1. The molecule has 1 amide bonds. The summed E-state index contributed by atoms with van der Waals surface area (Å²) in [4.78, 5) is 27.4. The number of hydrogen-bond donors (Lipinski definition) is 1. The Morgan fingerprint density at radius 3 is 2.66 bits per heavy atom. The van der Waals surface area contributed by atoms with Gasteiger partial charge < -0.3 is 19.5 Å². The van der Waals surface area contributed by atoms with Crippen molar-refractivity contribution in [2.45, 2.75) is 25.0 Å². The van der Waals surface area contributed by atoms with Gasteiger partial charge in [0.25, 0.3) is 11.7 Å². The van der Waals surface area contributed by atoms with E-state index in [0.29, 0.717) is 30.0 Å². The number of hydrogen-bond acceptors (Lipinski definition) is 5. The molecule has 2 fully saturated rings. The van der Waals surface area contributed by atoms with E-state index in [9.17, 15) is 14.7 Å². The molecule has 0 radical (unpaired) electrons. The molecular weight excluding hydrogens is 370 g/mol. The van der Waals surface area contributed by atoms with E-state index in [1.807, 2.05) is 18.2 Å². The molecule has 6 heteroatoms. The second-order valence-corrected chi connectivity index (χ2v) is 7.23. The molecule has 4 rings (SSSR count). The SMILES string of the molecule is COc1cccc(C2/C(=C(/O)c3ccccc3)C(=O)C(=O)N2CC2CCCO2)c1. The lowest BCUT2D eigenvalue weighted by molar-refractivity contribution is -0.140. The highest BCUT2D eigenvalue weighted by molar-refractivity contribution is 6.46. The van der Waals surface area contributed by atoms with Crippen LogP contribution >= 0.6 is 0 Å². The Balaban J connectivity index is 1.83. The number of aliphatic hydroxyl groups is 1. The molecule has 2 aromatic carbocycles. The van der Waals surface area contributed by atoms with Gasteiger partial charge >= 0.3 is 0 Å². The van der Waals surface area contributed by atoms with Crippen molar-refractivity contribution < 1.29 is 24.2 Å². The van der Waals surface area contributed by atoms with Crippen molar-refractivity contribution in [3.8, 4) is 5.75 Å². The third-order valence-corrected chi connectivity index (χ3v) is 5.42. The van der Waals surface area contributed by atoms with Crippen LogP contribution in [0.2, 0.25) is 0 Å². The van der Waals surface area contributed by atoms with Crippen molar-refractivity contribution in [1.29, 1.82) is 0 Å². The Morgan fingerprint density at radius 2 is 1.97 bits per heavy atom. The molecule has 1 N–H and O–H groups in total. The molecule has 0 bridgehead atoms. The fraction of sp³-hybridized carbons (Fsp3) is 0.304. The van der Waals surface area contributed by atoms with Crippen molar-refractivity contribution >= 4 is 17.4 Å². The number of Topliss-reactive ketones (excluding diaryl/α,β-unsaturated/α-hetero) is 1. The fourth-order valence-electron chi connectivity index (χ4n) is 3.99. The van der Waals surface area contributed by atoms with E-state index in [1.165, 1.54) is 4.90 Å². The van der Waals surface area contributed by atoms with Gasteiger partial charge in [-0.2, -0.15) is 0 Å². The van der Waals surface area contributed by atoms with Crippen LogP contribution in [0.4, 0.5) is 0 Å². The molecule has 0 aromatic heterocycles. The molecule has 2 aliphatic rings. The summed E-state index contributed by atoms with van der Waals surface area (Å²) in [5.74, 6) is -0.862. The quantitative estimate of drug-likeness (QED) is 0.479. The number of carbonyl (C=O) groups excluding carboxylic acids is 2. The summed E-state index contributed by atoms with van der Waals surface area (Å²) in [6, 6.07) is 15.3. The van der Waals surface area contributed by atoms with Crippen LogP contribution in [0.25, 0.3) is 5.76 Å². The average Bonchev–Trinajstić information content (AvgIpc) is 3.36. The summed E-state index contributed by atoms with van der Waals surface area (Å²) < 4.78 is 11.0. The van der Waals surface area contributed by atoms with E-state index in [2.05, 4.69) is 0 Å². The maximum Gasteiger partial charge on any atom is 0.295 e. The molecule has 0 saturated carbocycles. The number of amides is 1. The van der Waals surface area contributed by atoms with Crippen molar-refractivity contribution in [2.24, 2.45) is 0 Å². The van der Waals surface area contributed by atoms with Crippen molar-refractivity contribution in [1.82, 2.24) is 4.90 Å². The van der Waals surface area contributed by atoms with Gasteiger partial charge in [0, 0.05) is 18.7 Å². The van der Waals surface area contributed by atoms with Crippen LogP contribution in [0.1, 0.15) is 30.0 Å². The van der Waals surface area contributed by atoms with Crippen LogP contribution in [0.3, 0.4) is 0 Å². The molecular formula is C23H23NO5. The van der Waals surface area contributed by atoms with Gasteiger partial charge in [0.15, 0.2) is 0 Å². The Labute approximate surface area is 169 Å². The topological polar surface area (TPSA) is 76.1 Å². The first-order valence-electron chi connectivity index (χ1n) is 9.69. The number of nitrogens with zero attached hydrogens (tertiary/aromatic N) is 1. The zero-order chi connectivity index (χ0) is 20.4. The highest BCUT2D eigenvalue weighted by Gasteiger charge is 2.47. The first-order chi connectivity index (χ1) is 14.1. The summed E-state index contributed by atoms with van der Waals surface area (Å²) in [5.41, 5.74) is 1.29. The third-order valence-electron chi connectivity index (χ3n) is 5.42. The van der Waals surface area contributed by atoms with Crippen LogP contribution in [0.15, 0.2) is 60.2 Å². The number of ketones is 1. The number of ether oxygens (including phenoxy) is 2. The first kappa shape index (κ1) is 19.2. The van der Waals surface area contributed by atoms with E-state index in [-0.39, 0.29) is 17.4 Å². The van der Waals surface area contributed by atoms with E-state index in [4.69, 9.17) is 9.47 Å². The molecule has 0 spiro atoms. The van der Waals surface area contributed by atoms with Gasteiger partial charge in [0.2, 0.25) is 0 Å². The standard InChI is InChI=1S/C23H23NO5/c1-28-17-10-5-9-16(13-17)20-19(21(25)15-7-3-2-4-8-15)22(26)23(27)24(20)14-18-11-6-12-29-18/h2-5,7-10,13,18,20,25H,6,11-12,14H2,1H3/b21-19-. The fourth-order valence-corrected chi connectivity index (χ4v) is 3.99. The molecule has 2 aliphatic heterocycles. The minimum atomic E-state index is -0.700. The number of carbonyl (C=O) groups is 2. The number of rotatable bonds is 5. The Hall–Kier alpha value is -3.12. The average molecular weight is 393 g/mol. The van der Waals surface area contributed by atoms with Gasteiger partial charge in [-0.25, -0.2) is 0 Å². The number of likely N-dealkylation sites (tertiary alicyclic amines) is 1. The molecule has 29 heavy (non-hydrogen) atoms. The first-order valence-corrected chi connectivity index (χ1v) is 9.69. The Kier molecular flexibility index (Phi) is 5.36. The highest BCUT2D eigenvalue weighted by Crippen LogP contribution is 2.40. The molecule has 6 nitrogen and oxygen atoms in total.